The molecule has 12 heteroatoms. The van der Waals surface area contributed by atoms with Crippen molar-refractivity contribution >= 4 is 35.2 Å². The summed E-state index contributed by atoms with van der Waals surface area (Å²) in [7, 11) is 9.10. The number of aromatic nitrogens is 1. The molecule has 2 fully saturated rings. The molecule has 1 N–H and O–H groups in total. The van der Waals surface area contributed by atoms with Gasteiger partial charge in [-0.25, -0.2) is 4.79 Å². The lowest BCUT2D eigenvalue weighted by molar-refractivity contribution is -0.176. The lowest BCUT2D eigenvalue weighted by Crippen LogP contribution is -2.58. The average Bonchev–Trinajstić information content (AvgIpc) is 3.43. The Balaban J connectivity index is 0.00000400. The number of halogens is 1. The summed E-state index contributed by atoms with van der Waals surface area (Å²) >= 11 is 0. The van der Waals surface area contributed by atoms with Crippen LogP contribution in [0.1, 0.15) is 40.5 Å². The molecule has 6 atom stereocenters. The van der Waals surface area contributed by atoms with Crippen molar-refractivity contribution in [3.63, 3.8) is 0 Å². The second-order valence-corrected chi connectivity index (χ2v) is 11.7. The van der Waals surface area contributed by atoms with Gasteiger partial charge in [-0.3, -0.25) is 9.69 Å². The number of carbonyl (C=O) groups excluding carboxylic acids is 2. The lowest BCUT2D eigenvalue weighted by atomic mass is 9.63. The van der Waals surface area contributed by atoms with Crippen molar-refractivity contribution in [1.29, 1.82) is 0 Å². The summed E-state index contributed by atoms with van der Waals surface area (Å²) in [4.78, 5) is 33.1. The van der Waals surface area contributed by atoms with Crippen LogP contribution in [0.15, 0.2) is 30.3 Å². The van der Waals surface area contributed by atoms with E-state index in [0.717, 1.165) is 37.2 Å². The van der Waals surface area contributed by atoms with E-state index in [4.69, 9.17) is 33.2 Å². The first kappa shape index (κ1) is 32.7. The zero-order valence-corrected chi connectivity index (χ0v) is 27.2. The molecule has 0 spiro atoms. The number of rotatable bonds is 8. The second-order valence-electron chi connectivity index (χ2n) is 11.7. The first-order valence-electron chi connectivity index (χ1n) is 14.9. The van der Waals surface area contributed by atoms with Gasteiger partial charge in [0.2, 0.25) is 5.75 Å². The summed E-state index contributed by atoms with van der Waals surface area (Å²) < 4.78 is 39.1. The third kappa shape index (κ3) is 5.66. The van der Waals surface area contributed by atoms with Gasteiger partial charge in [0.25, 0.3) is 0 Å². The van der Waals surface area contributed by atoms with E-state index in [2.05, 4.69) is 16.0 Å². The Labute approximate surface area is 268 Å². The highest BCUT2D eigenvalue weighted by molar-refractivity contribution is 5.91. The summed E-state index contributed by atoms with van der Waals surface area (Å²) in [6.45, 7) is 1.68. The highest BCUT2D eigenvalue weighted by Gasteiger charge is 2.54. The van der Waals surface area contributed by atoms with E-state index in [0.29, 0.717) is 23.7 Å². The number of nitrogens with one attached hydrogen (secondary N) is 1. The van der Waals surface area contributed by atoms with Gasteiger partial charge in [0, 0.05) is 42.9 Å². The fraction of sp³-hybridized carbons (Fsp3) is 0.515. The number of ether oxygens (including phenoxy) is 7. The number of fused-ring (bicyclic) bond motifs is 6. The van der Waals surface area contributed by atoms with Gasteiger partial charge in [-0.2, -0.15) is 0 Å². The number of hydrogen-bond acceptors (Lipinski definition) is 10. The normalized spacial score (nSPS) is 25.6. The van der Waals surface area contributed by atoms with Gasteiger partial charge >= 0.3 is 11.9 Å². The van der Waals surface area contributed by atoms with Gasteiger partial charge in [0.05, 0.1) is 53.1 Å². The standard InChI is InChI=1S/C33H40N2O9.ClH/c1-38-19-7-8-20-21-9-10-35-16-18-13-27(44-32(36)17-11-25(39-2)30(41-4)26(12-17)40-3)31(42-5)28(33(37)43-6)22(18)15-24(35)29(21)34-23(20)14-19;/h7-8,11-12,14,18,22,24,27-28,31,34H,9-10,13,15-16H2,1-6H3;1H/t18-,22-,24+,27?,28?,31?;/m1./s1. The molecule has 2 aromatic carbocycles. The molecule has 1 aromatic heterocycles. The molecule has 45 heavy (non-hydrogen) atoms. The predicted octanol–water partition coefficient (Wildman–Crippen LogP) is 4.59. The Morgan fingerprint density at radius 2 is 1.64 bits per heavy atom. The van der Waals surface area contributed by atoms with Crippen LogP contribution in [0.2, 0.25) is 0 Å². The number of piperidine rings is 1. The van der Waals surface area contributed by atoms with Crippen molar-refractivity contribution in [2.24, 2.45) is 17.8 Å². The van der Waals surface area contributed by atoms with E-state index in [1.807, 2.05) is 12.1 Å². The molecule has 1 saturated heterocycles. The number of carbonyl (C=O) groups is 2. The Morgan fingerprint density at radius 3 is 2.27 bits per heavy atom. The topological polar surface area (TPSA) is 118 Å². The molecule has 11 nitrogen and oxygen atoms in total. The third-order valence-corrected chi connectivity index (χ3v) is 9.76. The van der Waals surface area contributed by atoms with Crippen molar-refractivity contribution in [2.75, 3.05) is 55.7 Å². The van der Waals surface area contributed by atoms with E-state index in [9.17, 15) is 9.59 Å². The van der Waals surface area contributed by atoms with Crippen LogP contribution in [0.3, 0.4) is 0 Å². The van der Waals surface area contributed by atoms with Gasteiger partial charge in [0.1, 0.15) is 18.0 Å². The van der Waals surface area contributed by atoms with Crippen molar-refractivity contribution in [2.45, 2.75) is 37.5 Å². The smallest absolute Gasteiger partial charge is 0.338 e. The number of hydrogen-bond donors (Lipinski definition) is 1. The molecular weight excluding hydrogens is 604 g/mol. The van der Waals surface area contributed by atoms with Gasteiger partial charge in [-0.05, 0) is 60.9 Å². The quantitative estimate of drug-likeness (QED) is 0.349. The molecule has 1 aliphatic carbocycles. The molecular formula is C33H41ClN2O9. The Hall–Kier alpha value is -3.67. The van der Waals surface area contributed by atoms with E-state index < -0.39 is 24.1 Å². The Bertz CT molecular complexity index is 1530. The van der Waals surface area contributed by atoms with Crippen molar-refractivity contribution < 1.29 is 42.7 Å². The van der Waals surface area contributed by atoms with Gasteiger partial charge in [-0.15, -0.1) is 12.4 Å². The van der Waals surface area contributed by atoms with E-state index in [1.165, 1.54) is 45.1 Å². The van der Waals surface area contributed by atoms with Crippen molar-refractivity contribution in [3.8, 4) is 23.0 Å². The second kappa shape index (κ2) is 13.4. The lowest BCUT2D eigenvalue weighted by Gasteiger charge is -2.52. The van der Waals surface area contributed by atoms with Gasteiger partial charge in [-0.1, -0.05) is 0 Å². The fourth-order valence-corrected chi connectivity index (χ4v) is 7.76. The summed E-state index contributed by atoms with van der Waals surface area (Å²) in [6, 6.07) is 9.40. The maximum atomic E-state index is 13.5. The number of nitrogens with zero attached hydrogens (tertiary/aromatic N) is 1. The van der Waals surface area contributed by atoms with Crippen LogP contribution in [-0.2, 0) is 25.4 Å². The van der Waals surface area contributed by atoms with Crippen LogP contribution in [-0.4, -0.2) is 89.8 Å². The zero-order chi connectivity index (χ0) is 31.1. The number of methoxy groups -OCH3 is 6. The SMILES string of the molecule is COC(=O)C1C(OC)C(OC(=O)c2cc(OC)c(OC)c(OC)c2)C[C@@H]2CN3CCc4c([nH]c5cc(OC)ccc45)[C@@H]3C[C@@H]12.Cl. The number of esters is 2. The first-order chi connectivity index (χ1) is 21.3. The van der Waals surface area contributed by atoms with Crippen molar-refractivity contribution in [3.05, 3.63) is 47.2 Å². The van der Waals surface area contributed by atoms with Gasteiger partial charge in [0.15, 0.2) is 11.5 Å². The molecule has 3 aromatic rings. The molecule has 244 valence electrons. The molecule has 3 aliphatic rings. The molecule has 6 rings (SSSR count). The molecule has 0 amide bonds. The Kier molecular flexibility index (Phi) is 9.71. The zero-order valence-electron chi connectivity index (χ0n) is 26.4. The first-order valence-corrected chi connectivity index (χ1v) is 14.9. The van der Waals surface area contributed by atoms with E-state index >= 15 is 0 Å². The van der Waals surface area contributed by atoms with Crippen molar-refractivity contribution in [1.82, 2.24) is 9.88 Å². The van der Waals surface area contributed by atoms with Crippen LogP contribution >= 0.6 is 12.4 Å². The predicted molar refractivity (Wildman–Crippen MR) is 168 cm³/mol. The molecule has 1 saturated carbocycles. The third-order valence-electron chi connectivity index (χ3n) is 9.76. The molecule has 0 radical (unpaired) electrons. The maximum Gasteiger partial charge on any atom is 0.338 e. The molecule has 3 heterocycles. The highest BCUT2D eigenvalue weighted by atomic mass is 35.5. The summed E-state index contributed by atoms with van der Waals surface area (Å²) in [5, 5.41) is 1.21. The minimum absolute atomic E-state index is 0. The van der Waals surface area contributed by atoms with Crippen LogP contribution in [0.25, 0.3) is 10.9 Å². The minimum Gasteiger partial charge on any atom is -0.497 e. The van der Waals surface area contributed by atoms with Crippen LogP contribution in [0.4, 0.5) is 0 Å². The fourth-order valence-electron chi connectivity index (χ4n) is 7.76. The minimum atomic E-state index is -0.670. The summed E-state index contributed by atoms with van der Waals surface area (Å²) in [5.41, 5.74) is 3.83. The van der Waals surface area contributed by atoms with E-state index in [-0.39, 0.29) is 41.8 Å². The molecule has 3 unspecified atom stereocenters. The van der Waals surface area contributed by atoms with Crippen LogP contribution < -0.4 is 18.9 Å². The molecule has 2 aliphatic heterocycles. The Morgan fingerprint density at radius 1 is 0.911 bits per heavy atom. The van der Waals surface area contributed by atoms with Crippen LogP contribution in [0.5, 0.6) is 23.0 Å². The number of benzene rings is 2. The number of aromatic amines is 1. The highest BCUT2D eigenvalue weighted by Crippen LogP contribution is 2.51. The summed E-state index contributed by atoms with van der Waals surface area (Å²) in [5.74, 6) is 0.441. The van der Waals surface area contributed by atoms with E-state index in [1.54, 1.807) is 26.4 Å². The number of H-pyrrole nitrogens is 1. The maximum absolute atomic E-state index is 13.5. The average molecular weight is 645 g/mol. The largest absolute Gasteiger partial charge is 0.497 e. The van der Waals surface area contributed by atoms with Gasteiger partial charge < -0.3 is 38.1 Å². The monoisotopic (exact) mass is 644 g/mol. The van der Waals surface area contributed by atoms with Crippen LogP contribution in [0, 0.1) is 17.8 Å². The summed E-state index contributed by atoms with van der Waals surface area (Å²) in [6.07, 6.45) is 0.920. The molecule has 0 bridgehead atoms.